The largest absolute Gasteiger partial charge is 0.364 e. The molecule has 0 aliphatic carbocycles. The van der Waals surface area contributed by atoms with Crippen LogP contribution in [0.1, 0.15) is 48.0 Å². The Kier molecular flexibility index (Phi) is 4.98. The fourth-order valence-electron chi connectivity index (χ4n) is 2.38. The van der Waals surface area contributed by atoms with Crippen molar-refractivity contribution in [1.82, 2.24) is 0 Å². The van der Waals surface area contributed by atoms with Gasteiger partial charge in [-0.3, -0.25) is 0 Å². The van der Waals surface area contributed by atoms with Crippen molar-refractivity contribution in [2.75, 3.05) is 0 Å². The third kappa shape index (κ3) is 3.13. The lowest BCUT2D eigenvalue weighted by atomic mass is 9.79. The lowest BCUT2D eigenvalue weighted by Gasteiger charge is -2.43. The maximum atomic E-state index is 6.20. The van der Waals surface area contributed by atoms with E-state index in [1.165, 1.54) is 0 Å². The summed E-state index contributed by atoms with van der Waals surface area (Å²) in [5, 5.41) is 0.663. The van der Waals surface area contributed by atoms with Gasteiger partial charge in [0.1, 0.15) is 5.44 Å². The standard InChI is InChI=1S/C13H26OS/c1-7-12-10(5)9(4)11(6)13(14-12)15-8(2)3/h8-13H,7H2,1-6H3/t9?,10-,11-,12?,13+/m1/s1. The Hall–Kier alpha value is 0.310. The Morgan fingerprint density at radius 3 is 2.13 bits per heavy atom. The second-order valence-electron chi connectivity index (χ2n) is 5.21. The van der Waals surface area contributed by atoms with Gasteiger partial charge in [-0.1, -0.05) is 41.5 Å². The summed E-state index contributed by atoms with van der Waals surface area (Å²) >= 11 is 1.99. The molecule has 0 saturated carbocycles. The van der Waals surface area contributed by atoms with E-state index in [0.717, 1.165) is 12.3 Å². The number of hydrogen-bond donors (Lipinski definition) is 0. The molecule has 5 atom stereocenters. The molecule has 0 aromatic heterocycles. The average molecular weight is 230 g/mol. The number of ether oxygens (including phenoxy) is 1. The van der Waals surface area contributed by atoms with Gasteiger partial charge in [0.15, 0.2) is 0 Å². The van der Waals surface area contributed by atoms with Gasteiger partial charge < -0.3 is 4.74 Å². The van der Waals surface area contributed by atoms with Crippen LogP contribution in [0, 0.1) is 17.8 Å². The van der Waals surface area contributed by atoms with E-state index in [1.807, 2.05) is 11.8 Å². The predicted molar refractivity (Wildman–Crippen MR) is 69.2 cm³/mol. The van der Waals surface area contributed by atoms with Crippen molar-refractivity contribution in [3.8, 4) is 0 Å². The van der Waals surface area contributed by atoms with Gasteiger partial charge in [0.2, 0.25) is 0 Å². The third-order valence-electron chi connectivity index (χ3n) is 3.79. The molecule has 1 fully saturated rings. The summed E-state index contributed by atoms with van der Waals surface area (Å²) in [7, 11) is 0. The van der Waals surface area contributed by atoms with Gasteiger partial charge in [0.25, 0.3) is 0 Å². The molecule has 0 aromatic carbocycles. The van der Waals surface area contributed by atoms with Crippen molar-refractivity contribution in [3.05, 3.63) is 0 Å². The van der Waals surface area contributed by atoms with Crippen LogP contribution in [0.15, 0.2) is 0 Å². The number of hydrogen-bond acceptors (Lipinski definition) is 2. The molecule has 1 aliphatic heterocycles. The van der Waals surface area contributed by atoms with E-state index >= 15 is 0 Å². The highest BCUT2D eigenvalue weighted by Gasteiger charge is 2.38. The van der Waals surface area contributed by atoms with Crippen LogP contribution in [0.2, 0.25) is 0 Å². The van der Waals surface area contributed by atoms with E-state index in [-0.39, 0.29) is 0 Å². The fourth-order valence-corrected chi connectivity index (χ4v) is 3.62. The van der Waals surface area contributed by atoms with Crippen LogP contribution in [0.3, 0.4) is 0 Å². The second kappa shape index (κ2) is 5.58. The normalized spacial score (nSPS) is 42.2. The summed E-state index contributed by atoms with van der Waals surface area (Å²) in [6.07, 6.45) is 1.61. The van der Waals surface area contributed by atoms with Crippen LogP contribution in [0.4, 0.5) is 0 Å². The molecule has 15 heavy (non-hydrogen) atoms. The molecule has 0 amide bonds. The van der Waals surface area contributed by atoms with Gasteiger partial charge >= 0.3 is 0 Å². The average Bonchev–Trinajstić information content (AvgIpc) is 2.18. The van der Waals surface area contributed by atoms with Crippen molar-refractivity contribution >= 4 is 11.8 Å². The molecule has 0 N–H and O–H groups in total. The molecule has 1 heterocycles. The maximum absolute atomic E-state index is 6.20. The monoisotopic (exact) mass is 230 g/mol. The Morgan fingerprint density at radius 2 is 1.67 bits per heavy atom. The fraction of sp³-hybridized carbons (Fsp3) is 1.00. The molecule has 1 aliphatic rings. The minimum atomic E-state index is 0.404. The molecule has 1 rings (SSSR count). The summed E-state index contributed by atoms with van der Waals surface area (Å²) in [4.78, 5) is 0. The predicted octanol–water partition coefficient (Wildman–Crippen LogP) is 4.17. The van der Waals surface area contributed by atoms with Crippen molar-refractivity contribution in [3.63, 3.8) is 0 Å². The summed E-state index contributed by atoms with van der Waals surface area (Å²) in [6, 6.07) is 0. The molecule has 2 unspecified atom stereocenters. The van der Waals surface area contributed by atoms with E-state index < -0.39 is 0 Å². The van der Waals surface area contributed by atoms with Gasteiger partial charge in [-0.25, -0.2) is 0 Å². The zero-order valence-electron chi connectivity index (χ0n) is 11.0. The van der Waals surface area contributed by atoms with Gasteiger partial charge in [-0.15, -0.1) is 11.8 Å². The van der Waals surface area contributed by atoms with Crippen LogP contribution in [-0.4, -0.2) is 16.8 Å². The van der Waals surface area contributed by atoms with E-state index in [1.54, 1.807) is 0 Å². The first-order valence-electron chi connectivity index (χ1n) is 6.28. The topological polar surface area (TPSA) is 9.23 Å². The Bertz CT molecular complexity index is 191. The van der Waals surface area contributed by atoms with E-state index in [4.69, 9.17) is 4.74 Å². The molecule has 0 aromatic rings. The Balaban J connectivity index is 2.65. The Labute approximate surface area is 99.3 Å². The minimum absolute atomic E-state index is 0.404. The Morgan fingerprint density at radius 1 is 1.07 bits per heavy atom. The van der Waals surface area contributed by atoms with Crippen LogP contribution in [0.25, 0.3) is 0 Å². The van der Waals surface area contributed by atoms with E-state index in [2.05, 4.69) is 41.5 Å². The lowest BCUT2D eigenvalue weighted by molar-refractivity contribution is -0.0946. The SMILES string of the molecule is CCC1O[C@@H](SC(C)C)[C@H](C)C(C)[C@H]1C. The molecular weight excluding hydrogens is 204 g/mol. The highest BCUT2D eigenvalue weighted by molar-refractivity contribution is 8.00. The van der Waals surface area contributed by atoms with Crippen molar-refractivity contribution in [2.45, 2.75) is 64.8 Å². The second-order valence-corrected chi connectivity index (χ2v) is 6.89. The molecule has 0 spiro atoms. The summed E-state index contributed by atoms with van der Waals surface area (Å²) in [5.41, 5.74) is 0.404. The molecule has 0 radical (unpaired) electrons. The maximum Gasteiger partial charge on any atom is 0.106 e. The van der Waals surface area contributed by atoms with E-state index in [0.29, 0.717) is 28.6 Å². The van der Waals surface area contributed by atoms with Crippen LogP contribution >= 0.6 is 11.8 Å². The third-order valence-corrected chi connectivity index (χ3v) is 5.14. The smallest absolute Gasteiger partial charge is 0.106 e. The van der Waals surface area contributed by atoms with Gasteiger partial charge in [-0.05, 0) is 24.2 Å². The van der Waals surface area contributed by atoms with Crippen LogP contribution in [0.5, 0.6) is 0 Å². The van der Waals surface area contributed by atoms with Gasteiger partial charge in [-0.2, -0.15) is 0 Å². The first-order valence-corrected chi connectivity index (χ1v) is 7.22. The lowest BCUT2D eigenvalue weighted by Crippen LogP contribution is -2.43. The zero-order chi connectivity index (χ0) is 11.6. The molecule has 0 bridgehead atoms. The zero-order valence-corrected chi connectivity index (χ0v) is 11.8. The van der Waals surface area contributed by atoms with Gasteiger partial charge in [0.05, 0.1) is 6.10 Å². The van der Waals surface area contributed by atoms with E-state index in [9.17, 15) is 0 Å². The molecule has 2 heteroatoms. The molecule has 1 saturated heterocycles. The van der Waals surface area contributed by atoms with Gasteiger partial charge in [0, 0.05) is 5.25 Å². The van der Waals surface area contributed by atoms with Crippen molar-refractivity contribution in [2.24, 2.45) is 17.8 Å². The van der Waals surface area contributed by atoms with Crippen molar-refractivity contribution < 1.29 is 4.74 Å². The molecule has 1 nitrogen and oxygen atoms in total. The van der Waals surface area contributed by atoms with Crippen LogP contribution < -0.4 is 0 Å². The first kappa shape index (κ1) is 13.4. The highest BCUT2D eigenvalue weighted by Crippen LogP contribution is 2.41. The minimum Gasteiger partial charge on any atom is -0.364 e. The quantitative estimate of drug-likeness (QED) is 0.719. The number of thioether (sulfide) groups is 1. The number of rotatable bonds is 3. The highest BCUT2D eigenvalue weighted by atomic mass is 32.2. The summed E-state index contributed by atoms with van der Waals surface area (Å²) in [6.45, 7) is 13.8. The summed E-state index contributed by atoms with van der Waals surface area (Å²) < 4.78 is 6.20. The van der Waals surface area contributed by atoms with Crippen molar-refractivity contribution in [1.29, 1.82) is 0 Å². The summed E-state index contributed by atoms with van der Waals surface area (Å²) in [5.74, 6) is 2.16. The first-order chi connectivity index (χ1) is 6.97. The van der Waals surface area contributed by atoms with Crippen LogP contribution in [-0.2, 0) is 4.74 Å². The molecular formula is C13H26OS. The molecule has 90 valence electrons.